The maximum atomic E-state index is 9.00. The summed E-state index contributed by atoms with van der Waals surface area (Å²) in [6.45, 7) is 9.11. The van der Waals surface area contributed by atoms with Crippen LogP contribution in [0, 0.1) is 0 Å². The molecule has 0 aliphatic rings. The van der Waals surface area contributed by atoms with E-state index in [0.29, 0.717) is 52.4 Å². The van der Waals surface area contributed by atoms with Gasteiger partial charge >= 0.3 is 0 Å². The predicted molar refractivity (Wildman–Crippen MR) is 126 cm³/mol. The van der Waals surface area contributed by atoms with Crippen molar-refractivity contribution in [2.75, 3.05) is 52.4 Å². The molecular weight excluding hydrogens is 432 g/mol. The summed E-state index contributed by atoms with van der Waals surface area (Å²) in [6.07, 6.45) is 0. The van der Waals surface area contributed by atoms with Crippen LogP contribution >= 0.6 is 0 Å². The summed E-state index contributed by atoms with van der Waals surface area (Å²) < 4.78 is 0. The molecule has 200 valence electrons. The van der Waals surface area contributed by atoms with Crippen LogP contribution in [-0.2, 0) is 19.2 Å². The van der Waals surface area contributed by atoms with Gasteiger partial charge in [-0.15, -0.1) is 0 Å². The van der Waals surface area contributed by atoms with Crippen LogP contribution in [-0.4, -0.2) is 96.7 Å². The Kier molecular flexibility index (Phi) is 114. The average molecular weight is 481 g/mol. The number of nitrogens with two attached hydrogens (primary N) is 8. The molecule has 0 fully saturated rings. The molecule has 0 aromatic carbocycles. The van der Waals surface area contributed by atoms with Gasteiger partial charge in [0.2, 0.25) is 0 Å². The monoisotopic (exact) mass is 480 g/mol. The quantitative estimate of drug-likeness (QED) is 0.182. The van der Waals surface area contributed by atoms with Crippen LogP contribution < -0.4 is 45.9 Å². The molecule has 0 heterocycles. The zero-order valence-corrected chi connectivity index (χ0v) is 19.7. The van der Waals surface area contributed by atoms with Gasteiger partial charge in [-0.3, -0.25) is 19.2 Å². The Morgan fingerprint density at radius 2 is 0.406 bits per heavy atom. The third kappa shape index (κ3) is 7990. The molecule has 0 spiro atoms. The van der Waals surface area contributed by atoms with Crippen LogP contribution in [0.3, 0.4) is 0 Å². The topological polar surface area (TPSA) is 357 Å². The van der Waals surface area contributed by atoms with Gasteiger partial charge in [0, 0.05) is 80.1 Å². The summed E-state index contributed by atoms with van der Waals surface area (Å²) in [7, 11) is 0. The first-order valence-electron chi connectivity index (χ1n) is 8.98. The van der Waals surface area contributed by atoms with Crippen molar-refractivity contribution in [2.45, 2.75) is 27.7 Å². The first-order valence-corrected chi connectivity index (χ1v) is 8.98. The third-order valence-corrected chi connectivity index (χ3v) is 0.667. The normalized spacial score (nSPS) is 6.88. The fourth-order valence-corrected chi connectivity index (χ4v) is 0. The molecule has 0 aromatic heterocycles. The summed E-state index contributed by atoms with van der Waals surface area (Å²) in [4.78, 5) is 36.0. The van der Waals surface area contributed by atoms with Gasteiger partial charge in [0.05, 0.1) is 0 Å². The number of rotatable bonds is 4. The Balaban J connectivity index is -0.0000000343. The number of carbonyl (C=O) groups is 4. The van der Waals surface area contributed by atoms with Crippen LogP contribution in [0.15, 0.2) is 0 Å². The largest absolute Gasteiger partial charge is 0.481 e. The van der Waals surface area contributed by atoms with Crippen LogP contribution in [0.25, 0.3) is 0 Å². The van der Waals surface area contributed by atoms with Crippen molar-refractivity contribution in [3.63, 3.8) is 0 Å². The second-order valence-electron chi connectivity index (χ2n) is 4.39. The molecule has 0 rings (SSSR count). The fourth-order valence-electron chi connectivity index (χ4n) is 0. The Labute approximate surface area is 190 Å². The van der Waals surface area contributed by atoms with E-state index < -0.39 is 23.9 Å². The minimum absolute atomic E-state index is 0.597. The van der Waals surface area contributed by atoms with E-state index in [2.05, 4.69) is 0 Å². The van der Waals surface area contributed by atoms with Crippen LogP contribution in [0.2, 0.25) is 0 Å². The summed E-state index contributed by atoms with van der Waals surface area (Å²) in [6, 6.07) is 0. The highest BCUT2D eigenvalue weighted by Gasteiger charge is 1.66. The van der Waals surface area contributed by atoms with Crippen LogP contribution in [0.1, 0.15) is 27.7 Å². The first kappa shape index (κ1) is 51.9. The highest BCUT2D eigenvalue weighted by Crippen LogP contribution is 1.43. The third-order valence-electron chi connectivity index (χ3n) is 0.667. The molecular formula is C16H48N8O8. The van der Waals surface area contributed by atoms with Gasteiger partial charge in [0.15, 0.2) is 0 Å². The van der Waals surface area contributed by atoms with E-state index in [9.17, 15) is 0 Å². The van der Waals surface area contributed by atoms with Gasteiger partial charge in [-0.1, -0.05) is 0 Å². The zero-order chi connectivity index (χ0) is 28.0. The molecule has 0 aliphatic carbocycles. The van der Waals surface area contributed by atoms with Gasteiger partial charge in [-0.25, -0.2) is 0 Å². The molecule has 16 heteroatoms. The Morgan fingerprint density at radius 3 is 0.406 bits per heavy atom. The molecule has 32 heavy (non-hydrogen) atoms. The van der Waals surface area contributed by atoms with Crippen molar-refractivity contribution in [1.29, 1.82) is 0 Å². The van der Waals surface area contributed by atoms with E-state index in [4.69, 9.17) is 85.5 Å². The number of carboxylic acids is 4. The fraction of sp³-hybridized carbons (Fsp3) is 0.750. The average Bonchev–Trinajstić information content (AvgIpc) is 2.66. The SMILES string of the molecule is CC(=O)O.CC(=O)O.CC(=O)O.CC(=O)O.NCCN.NCCN.NCCN.NCCN. The summed E-state index contributed by atoms with van der Waals surface area (Å²) >= 11 is 0. The van der Waals surface area contributed by atoms with Gasteiger partial charge < -0.3 is 66.3 Å². The highest BCUT2D eigenvalue weighted by atomic mass is 16.4. The molecule has 0 atom stereocenters. The molecule has 0 aromatic rings. The lowest BCUT2D eigenvalue weighted by Gasteiger charge is -1.72. The number of hydrogen-bond acceptors (Lipinski definition) is 12. The lowest BCUT2D eigenvalue weighted by atomic mass is 10.7. The molecule has 16 nitrogen and oxygen atoms in total. The van der Waals surface area contributed by atoms with Crippen molar-refractivity contribution in [3.8, 4) is 0 Å². The Morgan fingerprint density at radius 1 is 0.375 bits per heavy atom. The molecule has 0 bridgehead atoms. The summed E-state index contributed by atoms with van der Waals surface area (Å²) in [5.74, 6) is -3.33. The second kappa shape index (κ2) is 70.4. The molecule has 0 aliphatic heterocycles. The standard InChI is InChI=1S/4C2H8N2.4C2H4O2/c4*3-1-2-4;4*1-2(3)4/h4*1-4H2;4*1H3,(H,3,4). The van der Waals surface area contributed by atoms with Crippen molar-refractivity contribution in [1.82, 2.24) is 0 Å². The molecule has 0 amide bonds. The second-order valence-corrected chi connectivity index (χ2v) is 4.39. The van der Waals surface area contributed by atoms with Crippen LogP contribution in [0.4, 0.5) is 0 Å². The number of hydrogen-bond donors (Lipinski definition) is 12. The minimum atomic E-state index is -0.833. The number of aliphatic carboxylic acids is 4. The summed E-state index contributed by atoms with van der Waals surface area (Å²) in [5, 5.41) is 29.7. The maximum absolute atomic E-state index is 9.00. The van der Waals surface area contributed by atoms with Gasteiger partial charge in [0.1, 0.15) is 0 Å². The Hall–Kier alpha value is -2.44. The minimum Gasteiger partial charge on any atom is -0.481 e. The molecule has 0 saturated heterocycles. The smallest absolute Gasteiger partial charge is 0.300 e. The van der Waals surface area contributed by atoms with Crippen molar-refractivity contribution in [3.05, 3.63) is 0 Å². The van der Waals surface area contributed by atoms with E-state index >= 15 is 0 Å². The van der Waals surface area contributed by atoms with E-state index in [1.165, 1.54) is 0 Å². The van der Waals surface area contributed by atoms with Crippen molar-refractivity contribution < 1.29 is 39.6 Å². The van der Waals surface area contributed by atoms with E-state index in [-0.39, 0.29) is 0 Å². The zero-order valence-electron chi connectivity index (χ0n) is 19.7. The molecule has 0 saturated carbocycles. The molecule has 20 N–H and O–H groups in total. The van der Waals surface area contributed by atoms with E-state index in [0.717, 1.165) is 27.7 Å². The lowest BCUT2D eigenvalue weighted by molar-refractivity contribution is -0.135. The number of carboxylic acid groups (broad SMARTS) is 4. The molecule has 0 unspecified atom stereocenters. The molecule has 0 radical (unpaired) electrons. The van der Waals surface area contributed by atoms with E-state index in [1.54, 1.807) is 0 Å². The highest BCUT2D eigenvalue weighted by molar-refractivity contribution is 5.63. The predicted octanol–water partition coefficient (Wildman–Crippen LogP) is -4.02. The van der Waals surface area contributed by atoms with Crippen molar-refractivity contribution in [2.24, 2.45) is 45.9 Å². The van der Waals surface area contributed by atoms with Gasteiger partial charge in [-0.2, -0.15) is 0 Å². The summed E-state index contributed by atoms with van der Waals surface area (Å²) in [5.41, 5.74) is 39.2. The maximum Gasteiger partial charge on any atom is 0.300 e. The Bertz CT molecular complexity index is 264. The first-order chi connectivity index (χ1) is 14.6. The van der Waals surface area contributed by atoms with Crippen molar-refractivity contribution >= 4 is 23.9 Å². The lowest BCUT2D eigenvalue weighted by Crippen LogP contribution is -2.11. The van der Waals surface area contributed by atoms with Gasteiger partial charge in [0.25, 0.3) is 23.9 Å². The van der Waals surface area contributed by atoms with Crippen LogP contribution in [0.5, 0.6) is 0 Å². The van der Waals surface area contributed by atoms with Gasteiger partial charge in [-0.05, 0) is 0 Å². The van der Waals surface area contributed by atoms with E-state index in [1.807, 2.05) is 0 Å².